The Morgan fingerprint density at radius 1 is 1.43 bits per heavy atom. The largest absolute Gasteiger partial charge is 0.388 e. The average Bonchev–Trinajstić information content (AvgIpc) is 2.52. The van der Waals surface area contributed by atoms with E-state index in [-0.39, 0.29) is 18.6 Å². The first-order valence-corrected chi connectivity index (χ1v) is 8.56. The Hall–Kier alpha value is -1.39. The van der Waals surface area contributed by atoms with Gasteiger partial charge in [0, 0.05) is 6.54 Å². The van der Waals surface area contributed by atoms with E-state index in [1.54, 1.807) is 6.92 Å². The highest BCUT2D eigenvalue weighted by molar-refractivity contribution is 5.76. The molecule has 1 heterocycles. The highest BCUT2D eigenvalue weighted by Gasteiger charge is 2.25. The SMILES string of the molecule is CC(C)CCC(C)(O)CNC(=O)CC1OCCc2ccccc21. The molecule has 0 saturated heterocycles. The summed E-state index contributed by atoms with van der Waals surface area (Å²) in [5.74, 6) is 0.473. The van der Waals surface area contributed by atoms with E-state index in [2.05, 4.69) is 25.2 Å². The van der Waals surface area contributed by atoms with Gasteiger partial charge in [0.2, 0.25) is 5.91 Å². The lowest BCUT2D eigenvalue weighted by molar-refractivity contribution is -0.125. The summed E-state index contributed by atoms with van der Waals surface area (Å²) in [6.45, 7) is 6.98. The fraction of sp³-hybridized carbons (Fsp3) is 0.632. The van der Waals surface area contributed by atoms with Crippen LogP contribution in [0.3, 0.4) is 0 Å². The van der Waals surface area contributed by atoms with Crippen LogP contribution in [0.4, 0.5) is 0 Å². The van der Waals surface area contributed by atoms with E-state index in [0.29, 0.717) is 25.4 Å². The van der Waals surface area contributed by atoms with Gasteiger partial charge in [0.15, 0.2) is 0 Å². The maximum Gasteiger partial charge on any atom is 0.223 e. The smallest absolute Gasteiger partial charge is 0.223 e. The molecule has 0 aliphatic carbocycles. The number of nitrogens with one attached hydrogen (secondary N) is 1. The molecule has 1 aromatic carbocycles. The van der Waals surface area contributed by atoms with Crippen molar-refractivity contribution in [2.45, 2.75) is 58.2 Å². The molecule has 1 amide bonds. The first-order chi connectivity index (χ1) is 10.9. The van der Waals surface area contributed by atoms with Gasteiger partial charge in [0.25, 0.3) is 0 Å². The van der Waals surface area contributed by atoms with Crippen LogP contribution in [0, 0.1) is 5.92 Å². The molecule has 0 saturated carbocycles. The van der Waals surface area contributed by atoms with Crippen molar-refractivity contribution in [1.82, 2.24) is 5.32 Å². The molecule has 2 unspecified atom stereocenters. The minimum Gasteiger partial charge on any atom is -0.388 e. The maximum atomic E-state index is 12.2. The summed E-state index contributed by atoms with van der Waals surface area (Å²) >= 11 is 0. The van der Waals surface area contributed by atoms with Gasteiger partial charge in [-0.1, -0.05) is 38.1 Å². The molecule has 2 atom stereocenters. The Bertz CT molecular complexity index is 525. The molecule has 4 heteroatoms. The van der Waals surface area contributed by atoms with Gasteiger partial charge in [-0.3, -0.25) is 4.79 Å². The van der Waals surface area contributed by atoms with Gasteiger partial charge in [-0.15, -0.1) is 0 Å². The van der Waals surface area contributed by atoms with Crippen LogP contribution in [0.25, 0.3) is 0 Å². The van der Waals surface area contributed by atoms with Crippen LogP contribution in [0.1, 0.15) is 57.3 Å². The highest BCUT2D eigenvalue weighted by atomic mass is 16.5. The molecule has 1 aliphatic heterocycles. The lowest BCUT2D eigenvalue weighted by Crippen LogP contribution is -2.41. The topological polar surface area (TPSA) is 58.6 Å². The molecular weight excluding hydrogens is 290 g/mol. The number of hydrogen-bond acceptors (Lipinski definition) is 3. The molecule has 1 aliphatic rings. The first-order valence-electron chi connectivity index (χ1n) is 8.56. The van der Waals surface area contributed by atoms with Crippen LogP contribution in [0.5, 0.6) is 0 Å². The second-order valence-corrected chi connectivity index (χ2v) is 7.22. The van der Waals surface area contributed by atoms with Crippen LogP contribution in [0.2, 0.25) is 0 Å². The summed E-state index contributed by atoms with van der Waals surface area (Å²) < 4.78 is 5.76. The highest BCUT2D eigenvalue weighted by Crippen LogP contribution is 2.29. The van der Waals surface area contributed by atoms with E-state index in [0.717, 1.165) is 18.4 Å². The maximum absolute atomic E-state index is 12.2. The third-order valence-electron chi connectivity index (χ3n) is 4.39. The van der Waals surface area contributed by atoms with Gasteiger partial charge in [-0.25, -0.2) is 0 Å². The molecule has 128 valence electrons. The third kappa shape index (κ3) is 5.63. The van der Waals surface area contributed by atoms with E-state index in [4.69, 9.17) is 4.74 Å². The zero-order chi connectivity index (χ0) is 16.9. The Morgan fingerprint density at radius 3 is 2.91 bits per heavy atom. The minimum absolute atomic E-state index is 0.0727. The number of rotatable bonds is 7. The second kappa shape index (κ2) is 7.93. The summed E-state index contributed by atoms with van der Waals surface area (Å²) in [5, 5.41) is 13.2. The predicted molar refractivity (Wildman–Crippen MR) is 91.2 cm³/mol. The number of ether oxygens (including phenoxy) is 1. The molecule has 4 nitrogen and oxygen atoms in total. The van der Waals surface area contributed by atoms with Gasteiger partial charge in [-0.05, 0) is 43.2 Å². The quantitative estimate of drug-likeness (QED) is 0.812. The molecule has 0 aromatic heterocycles. The van der Waals surface area contributed by atoms with Crippen LogP contribution in [-0.4, -0.2) is 29.8 Å². The minimum atomic E-state index is -0.856. The van der Waals surface area contributed by atoms with Crippen molar-refractivity contribution in [1.29, 1.82) is 0 Å². The average molecular weight is 319 g/mol. The Kier molecular flexibility index (Phi) is 6.19. The number of fused-ring (bicyclic) bond motifs is 1. The number of carbonyl (C=O) groups is 1. The van der Waals surface area contributed by atoms with Gasteiger partial charge >= 0.3 is 0 Å². The van der Waals surface area contributed by atoms with Crippen molar-refractivity contribution < 1.29 is 14.6 Å². The Morgan fingerprint density at radius 2 is 2.17 bits per heavy atom. The van der Waals surface area contributed by atoms with E-state index in [1.165, 1.54) is 5.56 Å². The molecule has 0 bridgehead atoms. The molecule has 0 radical (unpaired) electrons. The molecule has 2 rings (SSSR count). The van der Waals surface area contributed by atoms with Gasteiger partial charge in [-0.2, -0.15) is 0 Å². The van der Waals surface area contributed by atoms with Crippen LogP contribution < -0.4 is 5.32 Å². The summed E-state index contributed by atoms with van der Waals surface area (Å²) in [6.07, 6.45) is 2.66. The first kappa shape index (κ1) is 18.0. The zero-order valence-corrected chi connectivity index (χ0v) is 14.5. The fourth-order valence-electron chi connectivity index (χ4n) is 2.86. The van der Waals surface area contributed by atoms with Crippen molar-refractivity contribution in [3.63, 3.8) is 0 Å². The van der Waals surface area contributed by atoms with E-state index in [1.807, 2.05) is 18.2 Å². The van der Waals surface area contributed by atoms with E-state index < -0.39 is 5.60 Å². The molecule has 1 aromatic rings. The molecule has 0 fully saturated rings. The van der Waals surface area contributed by atoms with Gasteiger partial charge in [0.1, 0.15) is 0 Å². The zero-order valence-electron chi connectivity index (χ0n) is 14.5. The number of amides is 1. The molecular formula is C19H29NO3. The summed E-state index contributed by atoms with van der Waals surface area (Å²) in [6, 6.07) is 8.13. The second-order valence-electron chi connectivity index (χ2n) is 7.22. The normalized spacial score (nSPS) is 20.0. The van der Waals surface area contributed by atoms with Gasteiger partial charge in [0.05, 0.1) is 24.7 Å². The fourth-order valence-corrected chi connectivity index (χ4v) is 2.86. The van der Waals surface area contributed by atoms with E-state index in [9.17, 15) is 9.90 Å². The van der Waals surface area contributed by atoms with E-state index >= 15 is 0 Å². The van der Waals surface area contributed by atoms with Crippen molar-refractivity contribution in [3.8, 4) is 0 Å². The summed E-state index contributed by atoms with van der Waals surface area (Å²) in [5.41, 5.74) is 1.52. The molecule has 2 N–H and O–H groups in total. The monoisotopic (exact) mass is 319 g/mol. The van der Waals surface area contributed by atoms with Crippen molar-refractivity contribution >= 4 is 5.91 Å². The summed E-state index contributed by atoms with van der Waals surface area (Å²) in [7, 11) is 0. The van der Waals surface area contributed by atoms with Crippen LogP contribution >= 0.6 is 0 Å². The lowest BCUT2D eigenvalue weighted by Gasteiger charge is -2.27. The van der Waals surface area contributed by atoms with Gasteiger partial charge < -0.3 is 15.2 Å². The Balaban J connectivity index is 1.84. The number of aliphatic hydroxyl groups is 1. The predicted octanol–water partition coefficient (Wildman–Crippen LogP) is 2.99. The molecule has 0 spiro atoms. The van der Waals surface area contributed by atoms with Crippen molar-refractivity contribution in [2.75, 3.05) is 13.2 Å². The Labute approximate surface area is 139 Å². The number of hydrogen-bond donors (Lipinski definition) is 2. The van der Waals surface area contributed by atoms with Crippen molar-refractivity contribution in [3.05, 3.63) is 35.4 Å². The van der Waals surface area contributed by atoms with Crippen LogP contribution in [-0.2, 0) is 16.0 Å². The number of benzene rings is 1. The standard InChI is InChI=1S/C19H29NO3/c1-14(2)8-10-19(3,22)13-20-18(21)12-17-16-7-5-4-6-15(16)9-11-23-17/h4-7,14,17,22H,8-13H2,1-3H3,(H,20,21). The molecule has 23 heavy (non-hydrogen) atoms. The lowest BCUT2D eigenvalue weighted by atomic mass is 9.94. The van der Waals surface area contributed by atoms with Crippen molar-refractivity contribution in [2.24, 2.45) is 5.92 Å². The summed E-state index contributed by atoms with van der Waals surface area (Å²) in [4.78, 5) is 12.2. The van der Waals surface area contributed by atoms with Crippen LogP contribution in [0.15, 0.2) is 24.3 Å². The third-order valence-corrected chi connectivity index (χ3v) is 4.39. The number of carbonyl (C=O) groups excluding carboxylic acids is 1.